The number of anilines is 1. The smallest absolute Gasteiger partial charge is 0.256 e. The van der Waals surface area contributed by atoms with E-state index in [1.807, 2.05) is 12.1 Å². The largest absolute Gasteiger partial charge is 0.497 e. The number of nitrogen functional groups attached to an aromatic ring is 1. The zero-order chi connectivity index (χ0) is 14.7. The van der Waals surface area contributed by atoms with E-state index >= 15 is 0 Å². The summed E-state index contributed by atoms with van der Waals surface area (Å²) in [6, 6.07) is 8.77. The molecule has 0 unspecified atom stereocenters. The highest BCUT2D eigenvalue weighted by Crippen LogP contribution is 2.24. The van der Waals surface area contributed by atoms with Crippen LogP contribution in [0.25, 0.3) is 0 Å². The predicted molar refractivity (Wildman–Crippen MR) is 82.5 cm³/mol. The Hall–Kier alpha value is -1.72. The summed E-state index contributed by atoms with van der Waals surface area (Å²) >= 11 is 7.34. The van der Waals surface area contributed by atoms with Gasteiger partial charge in [0, 0.05) is 17.6 Å². The van der Waals surface area contributed by atoms with Gasteiger partial charge in [-0.05, 0) is 30.3 Å². The van der Waals surface area contributed by atoms with Gasteiger partial charge in [-0.3, -0.25) is 4.79 Å². The van der Waals surface area contributed by atoms with Crippen molar-refractivity contribution in [2.75, 3.05) is 19.9 Å². The molecule has 2 N–H and O–H groups in total. The minimum atomic E-state index is -0.147. The van der Waals surface area contributed by atoms with E-state index in [2.05, 4.69) is 0 Å². The van der Waals surface area contributed by atoms with Crippen molar-refractivity contribution in [2.45, 2.75) is 6.54 Å². The van der Waals surface area contributed by atoms with Crippen LogP contribution in [0.3, 0.4) is 0 Å². The zero-order valence-electron chi connectivity index (χ0n) is 11.2. The Bertz CT molecular complexity index is 627. The van der Waals surface area contributed by atoms with Crippen molar-refractivity contribution < 1.29 is 9.53 Å². The Morgan fingerprint density at radius 3 is 2.75 bits per heavy atom. The standard InChI is InChI=1S/C14H15ClN2O2S/c1-17(8-10-4-6-13(15)20-10)14(18)11-7-9(19-2)3-5-12(11)16/h3-7H,8,16H2,1-2H3. The lowest BCUT2D eigenvalue weighted by atomic mass is 10.1. The maximum Gasteiger partial charge on any atom is 0.256 e. The van der Waals surface area contributed by atoms with Gasteiger partial charge < -0.3 is 15.4 Å². The van der Waals surface area contributed by atoms with E-state index in [4.69, 9.17) is 22.1 Å². The molecule has 1 aromatic carbocycles. The molecule has 1 amide bonds. The number of rotatable bonds is 4. The van der Waals surface area contributed by atoms with Crippen LogP contribution < -0.4 is 10.5 Å². The molecule has 1 heterocycles. The molecule has 0 spiro atoms. The van der Waals surface area contributed by atoms with Crippen molar-refractivity contribution in [1.82, 2.24) is 4.90 Å². The number of halogens is 1. The van der Waals surface area contributed by atoms with Crippen LogP contribution in [-0.2, 0) is 6.54 Å². The number of methoxy groups -OCH3 is 1. The second-order valence-electron chi connectivity index (χ2n) is 4.32. The van der Waals surface area contributed by atoms with Crippen LogP contribution in [0.15, 0.2) is 30.3 Å². The summed E-state index contributed by atoms with van der Waals surface area (Å²) in [6.07, 6.45) is 0. The van der Waals surface area contributed by atoms with Gasteiger partial charge in [0.25, 0.3) is 5.91 Å². The van der Waals surface area contributed by atoms with Crippen LogP contribution in [0.4, 0.5) is 5.69 Å². The van der Waals surface area contributed by atoms with Gasteiger partial charge in [0.15, 0.2) is 0 Å². The number of carbonyl (C=O) groups is 1. The maximum atomic E-state index is 12.4. The van der Waals surface area contributed by atoms with Crippen LogP contribution in [0.2, 0.25) is 4.34 Å². The fourth-order valence-electron chi connectivity index (χ4n) is 1.80. The van der Waals surface area contributed by atoms with Crippen LogP contribution in [0.1, 0.15) is 15.2 Å². The van der Waals surface area contributed by atoms with Gasteiger partial charge in [0.1, 0.15) is 5.75 Å². The molecule has 6 heteroatoms. The second-order valence-corrected chi connectivity index (χ2v) is 6.12. The molecule has 106 valence electrons. The average molecular weight is 311 g/mol. The van der Waals surface area contributed by atoms with E-state index < -0.39 is 0 Å². The molecule has 0 bridgehead atoms. The quantitative estimate of drug-likeness (QED) is 0.882. The number of hydrogen-bond acceptors (Lipinski definition) is 4. The Kier molecular flexibility index (Phi) is 4.52. The summed E-state index contributed by atoms with van der Waals surface area (Å²) < 4.78 is 5.83. The molecule has 0 radical (unpaired) electrons. The zero-order valence-corrected chi connectivity index (χ0v) is 12.8. The molecule has 0 aliphatic heterocycles. The van der Waals surface area contributed by atoms with E-state index in [0.717, 1.165) is 4.88 Å². The molecular weight excluding hydrogens is 296 g/mol. The third-order valence-corrected chi connectivity index (χ3v) is 4.08. The number of ether oxygens (including phenoxy) is 1. The number of benzene rings is 1. The molecule has 0 saturated carbocycles. The molecule has 0 atom stereocenters. The third kappa shape index (κ3) is 3.23. The number of hydrogen-bond donors (Lipinski definition) is 1. The molecule has 4 nitrogen and oxygen atoms in total. The molecule has 2 rings (SSSR count). The first kappa shape index (κ1) is 14.7. The predicted octanol–water partition coefficient (Wildman–Crippen LogP) is 3.26. The van der Waals surface area contributed by atoms with Crippen LogP contribution in [-0.4, -0.2) is 25.0 Å². The molecule has 20 heavy (non-hydrogen) atoms. The average Bonchev–Trinajstić information content (AvgIpc) is 2.84. The number of thiophene rings is 1. The van der Waals surface area contributed by atoms with Crippen molar-refractivity contribution in [2.24, 2.45) is 0 Å². The van der Waals surface area contributed by atoms with Crippen LogP contribution in [0, 0.1) is 0 Å². The van der Waals surface area contributed by atoms with Crippen LogP contribution in [0.5, 0.6) is 5.75 Å². The van der Waals surface area contributed by atoms with Gasteiger partial charge in [0.2, 0.25) is 0 Å². The highest BCUT2D eigenvalue weighted by Gasteiger charge is 2.16. The lowest BCUT2D eigenvalue weighted by Crippen LogP contribution is -2.26. The van der Waals surface area contributed by atoms with E-state index in [1.54, 1.807) is 37.3 Å². The first-order chi connectivity index (χ1) is 9.51. The third-order valence-electron chi connectivity index (χ3n) is 2.86. The molecule has 2 aromatic rings. The lowest BCUT2D eigenvalue weighted by molar-refractivity contribution is 0.0787. The van der Waals surface area contributed by atoms with Gasteiger partial charge in [-0.2, -0.15) is 0 Å². The summed E-state index contributed by atoms with van der Waals surface area (Å²) in [5, 5.41) is 0. The van der Waals surface area contributed by atoms with E-state index in [-0.39, 0.29) is 5.91 Å². The highest BCUT2D eigenvalue weighted by molar-refractivity contribution is 7.16. The lowest BCUT2D eigenvalue weighted by Gasteiger charge is -2.17. The number of carbonyl (C=O) groups excluding carboxylic acids is 1. The highest BCUT2D eigenvalue weighted by atomic mass is 35.5. The van der Waals surface area contributed by atoms with Crippen molar-refractivity contribution >= 4 is 34.5 Å². The number of nitrogens with zero attached hydrogens (tertiary/aromatic N) is 1. The monoisotopic (exact) mass is 310 g/mol. The summed E-state index contributed by atoms with van der Waals surface area (Å²) in [5.41, 5.74) is 6.74. The van der Waals surface area contributed by atoms with Gasteiger partial charge in [-0.15, -0.1) is 11.3 Å². The maximum absolute atomic E-state index is 12.4. The SMILES string of the molecule is COc1ccc(N)c(C(=O)N(C)Cc2ccc(Cl)s2)c1. The van der Waals surface area contributed by atoms with Gasteiger partial charge in [0.05, 0.1) is 23.6 Å². The number of nitrogens with two attached hydrogens (primary N) is 1. The van der Waals surface area contributed by atoms with E-state index in [0.29, 0.717) is 27.9 Å². The molecule has 0 aliphatic carbocycles. The fourth-order valence-corrected chi connectivity index (χ4v) is 2.94. The van der Waals surface area contributed by atoms with Crippen molar-refractivity contribution in [3.05, 3.63) is 45.1 Å². The van der Waals surface area contributed by atoms with Crippen molar-refractivity contribution in [3.63, 3.8) is 0 Å². The normalized spacial score (nSPS) is 10.3. The Morgan fingerprint density at radius 1 is 1.40 bits per heavy atom. The summed E-state index contributed by atoms with van der Waals surface area (Å²) in [5.74, 6) is 0.459. The van der Waals surface area contributed by atoms with Gasteiger partial charge in [-0.1, -0.05) is 11.6 Å². The molecule has 0 aliphatic rings. The Balaban J connectivity index is 2.17. The first-order valence-corrected chi connectivity index (χ1v) is 7.14. The Morgan fingerprint density at radius 2 is 2.15 bits per heavy atom. The van der Waals surface area contributed by atoms with Gasteiger partial charge in [-0.25, -0.2) is 0 Å². The number of amides is 1. The molecule has 0 saturated heterocycles. The van der Waals surface area contributed by atoms with E-state index in [9.17, 15) is 4.79 Å². The molecule has 1 aromatic heterocycles. The first-order valence-electron chi connectivity index (χ1n) is 5.94. The second kappa shape index (κ2) is 6.15. The summed E-state index contributed by atoms with van der Waals surface area (Å²) in [6.45, 7) is 0.493. The summed E-state index contributed by atoms with van der Waals surface area (Å²) in [4.78, 5) is 15.0. The van der Waals surface area contributed by atoms with E-state index in [1.165, 1.54) is 11.3 Å². The molecular formula is C14H15ClN2O2S. The minimum absolute atomic E-state index is 0.147. The molecule has 0 fully saturated rings. The topological polar surface area (TPSA) is 55.6 Å². The van der Waals surface area contributed by atoms with Crippen LogP contribution >= 0.6 is 22.9 Å². The van der Waals surface area contributed by atoms with Crippen molar-refractivity contribution in [3.8, 4) is 5.75 Å². The van der Waals surface area contributed by atoms with Gasteiger partial charge >= 0.3 is 0 Å². The minimum Gasteiger partial charge on any atom is -0.497 e. The fraction of sp³-hybridized carbons (Fsp3) is 0.214. The summed E-state index contributed by atoms with van der Waals surface area (Å²) in [7, 11) is 3.28. The Labute approximate surface area is 126 Å². The van der Waals surface area contributed by atoms with Crippen molar-refractivity contribution in [1.29, 1.82) is 0 Å².